The first kappa shape index (κ1) is 37.4. The monoisotopic (exact) mass is 804 g/mol. The summed E-state index contributed by atoms with van der Waals surface area (Å²) in [5, 5.41) is 2.27. The molecule has 9 aromatic rings. The van der Waals surface area contributed by atoms with Crippen LogP contribution in [-0.4, -0.2) is 24.2 Å². The van der Waals surface area contributed by atoms with Gasteiger partial charge in [-0.25, -0.2) is 4.98 Å². The maximum atomic E-state index is 7.58. The average Bonchev–Trinajstić information content (AvgIpc) is 3.90. The first-order valence-corrected chi connectivity index (χ1v) is 21.1. The summed E-state index contributed by atoms with van der Waals surface area (Å²) >= 11 is 0. The molecule has 1 aromatic heterocycles. The Balaban J connectivity index is 1.04. The van der Waals surface area contributed by atoms with Gasteiger partial charge in [0.15, 0.2) is 5.60 Å². The normalized spacial score (nSPS) is 15.7. The highest BCUT2D eigenvalue weighted by Gasteiger charge is 2.46. The van der Waals surface area contributed by atoms with E-state index in [0.717, 1.165) is 79.6 Å². The van der Waals surface area contributed by atoms with E-state index in [1.807, 2.05) is 36.4 Å². The minimum absolute atomic E-state index is 0.374. The van der Waals surface area contributed by atoms with E-state index in [2.05, 4.69) is 170 Å². The number of methoxy groups -OCH3 is 2. The first-order valence-electron chi connectivity index (χ1n) is 21.1. The topological polar surface area (TPSA) is 56.4 Å². The van der Waals surface area contributed by atoms with Crippen molar-refractivity contribution in [1.82, 2.24) is 9.97 Å². The van der Waals surface area contributed by atoms with Crippen molar-refractivity contribution in [3.8, 4) is 62.3 Å². The summed E-state index contributed by atoms with van der Waals surface area (Å²) in [5.41, 5.74) is 13.4. The maximum Gasteiger partial charge on any atom is 0.178 e. The van der Waals surface area contributed by atoms with E-state index in [1.165, 1.54) is 33.2 Å². The molecule has 5 nitrogen and oxygen atoms in total. The van der Waals surface area contributed by atoms with Gasteiger partial charge in [0.1, 0.15) is 23.1 Å². The Hall–Kier alpha value is -7.63. The molecule has 0 bridgehead atoms. The van der Waals surface area contributed by atoms with Crippen LogP contribution in [-0.2, 0) is 17.4 Å². The Morgan fingerprint density at radius 1 is 0.581 bits per heavy atom. The van der Waals surface area contributed by atoms with Crippen LogP contribution in [0.4, 0.5) is 0 Å². The number of aromatic amines is 1. The van der Waals surface area contributed by atoms with Crippen LogP contribution in [0.5, 0.6) is 17.2 Å². The third-order valence-electron chi connectivity index (χ3n) is 12.9. The molecule has 0 amide bonds. The predicted octanol–water partition coefficient (Wildman–Crippen LogP) is 13.5. The van der Waals surface area contributed by atoms with E-state index in [9.17, 15) is 0 Å². The minimum atomic E-state index is -0.910. The highest BCUT2D eigenvalue weighted by Crippen LogP contribution is 2.59. The van der Waals surface area contributed by atoms with Crippen molar-refractivity contribution in [3.05, 3.63) is 221 Å². The molecule has 2 aliphatic rings. The highest BCUT2D eigenvalue weighted by atomic mass is 16.5. The van der Waals surface area contributed by atoms with Crippen LogP contribution in [0.25, 0.3) is 61.9 Å². The Morgan fingerprint density at radius 3 is 1.81 bits per heavy atom. The number of hydrogen-bond acceptors (Lipinski definition) is 4. The summed E-state index contributed by atoms with van der Waals surface area (Å²) in [6.07, 6.45) is 5.35. The molecule has 1 aliphatic heterocycles. The van der Waals surface area contributed by atoms with Gasteiger partial charge in [-0.1, -0.05) is 171 Å². The number of rotatable bonds is 9. The standard InChI is InChI=1S/C57H44N2O3/c1-56(36-37-22-24-40(25-23-37)55-58-52(38-14-6-4-7-15-38)53(59-55)39-16-8-5-9-17-39)49-21-13-12-20-47(49)50-45-18-10-11-19-46(45)54-48(51(50)56)34-35-57(62-54,41-26-30-43(60-2)31-27-41)42-28-32-44(61-3)33-29-42/h4-35H,36H2,1-3H3,(H,58,59). The van der Waals surface area contributed by atoms with Crippen molar-refractivity contribution in [1.29, 1.82) is 0 Å². The Kier molecular flexibility index (Phi) is 8.94. The molecule has 1 unspecified atom stereocenters. The van der Waals surface area contributed by atoms with E-state index < -0.39 is 5.60 Å². The second-order valence-electron chi connectivity index (χ2n) is 16.5. The summed E-state index contributed by atoms with van der Waals surface area (Å²) in [4.78, 5) is 8.88. The Labute approximate surface area is 362 Å². The number of hydrogen-bond donors (Lipinski definition) is 1. The maximum absolute atomic E-state index is 7.58. The van der Waals surface area contributed by atoms with Gasteiger partial charge >= 0.3 is 0 Å². The van der Waals surface area contributed by atoms with Crippen LogP contribution in [0.3, 0.4) is 0 Å². The van der Waals surface area contributed by atoms with Crippen molar-refractivity contribution in [3.63, 3.8) is 0 Å². The summed E-state index contributed by atoms with van der Waals surface area (Å²) < 4.78 is 18.7. The number of benzene rings is 8. The third-order valence-corrected chi connectivity index (χ3v) is 12.9. The third kappa shape index (κ3) is 5.95. The molecule has 0 saturated heterocycles. The summed E-state index contributed by atoms with van der Waals surface area (Å²) in [6.45, 7) is 2.41. The van der Waals surface area contributed by atoms with Gasteiger partial charge < -0.3 is 19.2 Å². The van der Waals surface area contributed by atoms with Gasteiger partial charge in [-0.2, -0.15) is 0 Å². The lowest BCUT2D eigenvalue weighted by Crippen LogP contribution is -2.35. The first-order chi connectivity index (χ1) is 30.5. The van der Waals surface area contributed by atoms with Crippen molar-refractivity contribution in [2.75, 3.05) is 14.2 Å². The van der Waals surface area contributed by atoms with Crippen LogP contribution in [0, 0.1) is 0 Å². The molecular formula is C57H44N2O3. The number of imidazole rings is 1. The lowest BCUT2D eigenvalue weighted by atomic mass is 9.72. The molecule has 8 aromatic carbocycles. The van der Waals surface area contributed by atoms with E-state index in [-0.39, 0.29) is 5.41 Å². The zero-order valence-corrected chi connectivity index (χ0v) is 34.9. The molecule has 0 fully saturated rings. The molecule has 0 radical (unpaired) electrons. The number of aromatic nitrogens is 2. The van der Waals surface area contributed by atoms with Gasteiger partial charge in [-0.3, -0.25) is 0 Å². The molecule has 62 heavy (non-hydrogen) atoms. The molecular weight excluding hydrogens is 761 g/mol. The number of ether oxygens (including phenoxy) is 3. The highest BCUT2D eigenvalue weighted by molar-refractivity contribution is 6.08. The number of nitrogens with zero attached hydrogens (tertiary/aromatic N) is 1. The average molecular weight is 805 g/mol. The van der Waals surface area contributed by atoms with Crippen LogP contribution < -0.4 is 14.2 Å². The predicted molar refractivity (Wildman–Crippen MR) is 251 cm³/mol. The van der Waals surface area contributed by atoms with Crippen LogP contribution in [0.2, 0.25) is 0 Å². The van der Waals surface area contributed by atoms with Gasteiger partial charge in [0.2, 0.25) is 0 Å². The largest absolute Gasteiger partial charge is 0.497 e. The quantitative estimate of drug-likeness (QED) is 0.158. The second-order valence-corrected chi connectivity index (χ2v) is 16.5. The number of nitrogens with one attached hydrogen (secondary N) is 1. The molecule has 1 atom stereocenters. The van der Waals surface area contributed by atoms with E-state index in [0.29, 0.717) is 0 Å². The molecule has 1 N–H and O–H groups in total. The number of fused-ring (bicyclic) bond motifs is 8. The minimum Gasteiger partial charge on any atom is -0.497 e. The molecule has 2 heterocycles. The zero-order chi connectivity index (χ0) is 41.8. The van der Waals surface area contributed by atoms with E-state index in [4.69, 9.17) is 19.2 Å². The molecule has 1 aliphatic carbocycles. The second kappa shape index (κ2) is 14.8. The van der Waals surface area contributed by atoms with E-state index >= 15 is 0 Å². The lowest BCUT2D eigenvalue weighted by molar-refractivity contribution is 0.163. The molecule has 0 saturated carbocycles. The molecule has 0 spiro atoms. The fraction of sp³-hybridized carbons (Fsp3) is 0.105. The molecule has 11 rings (SSSR count). The lowest BCUT2D eigenvalue weighted by Gasteiger charge is -2.39. The Bertz CT molecular complexity index is 3030. The SMILES string of the molecule is COc1ccc(C2(c3ccc(OC)cc3)C=Cc3c4c(c5ccccc5c3O2)-c2ccccc2C4(C)Cc2ccc(-c3nc(-c4ccccc4)c(-c4ccccc4)[nH]3)cc2)cc1. The zero-order valence-electron chi connectivity index (χ0n) is 34.9. The van der Waals surface area contributed by atoms with Crippen molar-refractivity contribution >= 4 is 16.8 Å². The molecule has 5 heteroatoms. The fourth-order valence-corrected chi connectivity index (χ4v) is 9.92. The van der Waals surface area contributed by atoms with Gasteiger partial charge in [-0.05, 0) is 70.0 Å². The van der Waals surface area contributed by atoms with Crippen LogP contribution >= 0.6 is 0 Å². The van der Waals surface area contributed by atoms with Gasteiger partial charge in [0.05, 0.1) is 25.6 Å². The van der Waals surface area contributed by atoms with Gasteiger partial charge in [0.25, 0.3) is 0 Å². The van der Waals surface area contributed by atoms with Crippen LogP contribution in [0.1, 0.15) is 40.3 Å². The van der Waals surface area contributed by atoms with Gasteiger partial charge in [0, 0.05) is 44.2 Å². The van der Waals surface area contributed by atoms with Crippen LogP contribution in [0.15, 0.2) is 188 Å². The summed E-state index contributed by atoms with van der Waals surface area (Å²) in [5.74, 6) is 3.31. The summed E-state index contributed by atoms with van der Waals surface area (Å²) in [7, 11) is 3.39. The number of H-pyrrole nitrogens is 1. The van der Waals surface area contributed by atoms with Crippen molar-refractivity contribution in [2.45, 2.75) is 24.4 Å². The van der Waals surface area contributed by atoms with E-state index in [1.54, 1.807) is 14.2 Å². The smallest absolute Gasteiger partial charge is 0.178 e. The fourth-order valence-electron chi connectivity index (χ4n) is 9.92. The van der Waals surface area contributed by atoms with Crippen molar-refractivity contribution in [2.24, 2.45) is 0 Å². The van der Waals surface area contributed by atoms with Gasteiger partial charge in [-0.15, -0.1) is 0 Å². The van der Waals surface area contributed by atoms with Crippen molar-refractivity contribution < 1.29 is 14.2 Å². The summed E-state index contributed by atoms with van der Waals surface area (Å²) in [6, 6.07) is 63.9. The Morgan fingerprint density at radius 2 is 1.16 bits per heavy atom. The molecule has 300 valence electrons.